The van der Waals surface area contributed by atoms with Crippen LogP contribution in [0.25, 0.3) is 0 Å². The summed E-state index contributed by atoms with van der Waals surface area (Å²) >= 11 is 0. The monoisotopic (exact) mass is 259 g/mol. The minimum Gasteiger partial charge on any atom is -0.494 e. The molecule has 0 fully saturated rings. The molecule has 0 bridgehead atoms. The smallest absolute Gasteiger partial charge is 0.256 e. The number of hydrogen-bond acceptors (Lipinski definition) is 3. The zero-order valence-electron chi connectivity index (χ0n) is 10.9. The number of carbonyl (C=O) groups excluding carboxylic acids is 1. The molecule has 0 radical (unpaired) electrons. The molecule has 1 heterocycles. The van der Waals surface area contributed by atoms with Gasteiger partial charge in [0, 0.05) is 19.8 Å². The topological polar surface area (TPSA) is 58.2 Å². The molecule has 0 atom stereocenters. The summed E-state index contributed by atoms with van der Waals surface area (Å²) in [5.41, 5.74) is 0.575. The Labute approximate surface area is 112 Å². The number of nitrogens with one attached hydrogen (secondary N) is 1. The van der Waals surface area contributed by atoms with Crippen molar-refractivity contribution in [3.8, 4) is 5.75 Å². The van der Waals surface area contributed by atoms with Gasteiger partial charge in [-0.2, -0.15) is 5.10 Å². The largest absolute Gasteiger partial charge is 0.494 e. The standard InChI is InChI=1S/C14H17N3O2/c1-17(14(18)12-10-15-16-11-12)8-5-9-19-13-6-3-2-4-7-13/h2-4,6-7,10-11H,5,8-9H2,1H3,(H,15,16). The SMILES string of the molecule is CN(CCCOc1ccccc1)C(=O)c1cn[nH]c1. The molecule has 1 aromatic carbocycles. The molecule has 0 saturated heterocycles. The lowest BCUT2D eigenvalue weighted by atomic mass is 10.3. The van der Waals surface area contributed by atoms with E-state index in [2.05, 4.69) is 10.2 Å². The molecule has 0 aliphatic carbocycles. The summed E-state index contributed by atoms with van der Waals surface area (Å²) in [6, 6.07) is 9.65. The van der Waals surface area contributed by atoms with E-state index in [1.165, 1.54) is 6.20 Å². The lowest BCUT2D eigenvalue weighted by Gasteiger charge is -2.16. The molecular weight excluding hydrogens is 242 g/mol. The van der Waals surface area contributed by atoms with Crippen LogP contribution < -0.4 is 4.74 Å². The van der Waals surface area contributed by atoms with Gasteiger partial charge in [0.25, 0.3) is 5.91 Å². The van der Waals surface area contributed by atoms with Gasteiger partial charge < -0.3 is 9.64 Å². The molecule has 0 unspecified atom stereocenters. The molecule has 1 N–H and O–H groups in total. The normalized spacial score (nSPS) is 10.2. The van der Waals surface area contributed by atoms with Gasteiger partial charge in [-0.05, 0) is 18.6 Å². The Morgan fingerprint density at radius 3 is 2.84 bits per heavy atom. The van der Waals surface area contributed by atoms with Crippen LogP contribution in [0.5, 0.6) is 5.75 Å². The Kier molecular flexibility index (Phi) is 4.55. The average molecular weight is 259 g/mol. The molecule has 0 aliphatic heterocycles. The first-order valence-electron chi connectivity index (χ1n) is 6.19. The van der Waals surface area contributed by atoms with Gasteiger partial charge in [-0.3, -0.25) is 9.89 Å². The second-order valence-electron chi connectivity index (χ2n) is 4.23. The number of hydrogen-bond donors (Lipinski definition) is 1. The Morgan fingerprint density at radius 1 is 1.37 bits per heavy atom. The van der Waals surface area contributed by atoms with Gasteiger partial charge in [0.2, 0.25) is 0 Å². The van der Waals surface area contributed by atoms with Crippen molar-refractivity contribution < 1.29 is 9.53 Å². The first kappa shape index (κ1) is 13.1. The molecule has 2 aromatic rings. The van der Waals surface area contributed by atoms with Crippen LogP contribution in [0.1, 0.15) is 16.8 Å². The highest BCUT2D eigenvalue weighted by atomic mass is 16.5. The summed E-state index contributed by atoms with van der Waals surface area (Å²) in [5.74, 6) is 0.819. The molecular formula is C14H17N3O2. The maximum Gasteiger partial charge on any atom is 0.256 e. The number of aromatic amines is 1. The summed E-state index contributed by atoms with van der Waals surface area (Å²) in [4.78, 5) is 13.6. The van der Waals surface area contributed by atoms with E-state index in [9.17, 15) is 4.79 Å². The van der Waals surface area contributed by atoms with Crippen molar-refractivity contribution in [3.05, 3.63) is 48.3 Å². The van der Waals surface area contributed by atoms with E-state index in [-0.39, 0.29) is 5.91 Å². The van der Waals surface area contributed by atoms with Gasteiger partial charge in [0.1, 0.15) is 5.75 Å². The van der Waals surface area contributed by atoms with Gasteiger partial charge in [-0.1, -0.05) is 18.2 Å². The highest BCUT2D eigenvalue weighted by molar-refractivity contribution is 5.93. The second kappa shape index (κ2) is 6.58. The van der Waals surface area contributed by atoms with Crippen LogP contribution >= 0.6 is 0 Å². The van der Waals surface area contributed by atoms with Crippen molar-refractivity contribution in [2.45, 2.75) is 6.42 Å². The molecule has 0 aliphatic rings. The number of para-hydroxylation sites is 1. The van der Waals surface area contributed by atoms with Gasteiger partial charge >= 0.3 is 0 Å². The van der Waals surface area contributed by atoms with Gasteiger partial charge in [-0.25, -0.2) is 0 Å². The van der Waals surface area contributed by atoms with E-state index in [0.717, 1.165) is 12.2 Å². The maximum absolute atomic E-state index is 11.9. The van der Waals surface area contributed by atoms with Crippen LogP contribution in [-0.2, 0) is 0 Å². The van der Waals surface area contributed by atoms with Crippen LogP contribution in [-0.4, -0.2) is 41.2 Å². The summed E-state index contributed by atoms with van der Waals surface area (Å²) in [7, 11) is 1.78. The fourth-order valence-electron chi connectivity index (χ4n) is 1.70. The highest BCUT2D eigenvalue weighted by Crippen LogP contribution is 2.08. The summed E-state index contributed by atoms with van der Waals surface area (Å²) in [6.07, 6.45) is 3.91. The predicted octanol–water partition coefficient (Wildman–Crippen LogP) is 1.95. The number of rotatable bonds is 6. The van der Waals surface area contributed by atoms with Crippen LogP contribution in [0.4, 0.5) is 0 Å². The van der Waals surface area contributed by atoms with Crippen molar-refractivity contribution in [1.29, 1.82) is 0 Å². The van der Waals surface area contributed by atoms with E-state index >= 15 is 0 Å². The third-order valence-corrected chi connectivity index (χ3v) is 2.74. The lowest BCUT2D eigenvalue weighted by molar-refractivity contribution is 0.0788. The fraction of sp³-hybridized carbons (Fsp3) is 0.286. The van der Waals surface area contributed by atoms with Crippen LogP contribution in [0.3, 0.4) is 0 Å². The predicted molar refractivity (Wildman–Crippen MR) is 72.1 cm³/mol. The van der Waals surface area contributed by atoms with Gasteiger partial charge in [0.05, 0.1) is 18.4 Å². The molecule has 1 aromatic heterocycles. The maximum atomic E-state index is 11.9. The third-order valence-electron chi connectivity index (χ3n) is 2.74. The number of amides is 1. The lowest BCUT2D eigenvalue weighted by Crippen LogP contribution is -2.28. The highest BCUT2D eigenvalue weighted by Gasteiger charge is 2.11. The van der Waals surface area contributed by atoms with Crippen molar-refractivity contribution in [2.24, 2.45) is 0 Å². The number of carbonyl (C=O) groups is 1. The van der Waals surface area contributed by atoms with E-state index in [1.54, 1.807) is 18.1 Å². The van der Waals surface area contributed by atoms with E-state index in [0.29, 0.717) is 18.7 Å². The summed E-state index contributed by atoms with van der Waals surface area (Å²) in [5, 5.41) is 6.40. The summed E-state index contributed by atoms with van der Waals surface area (Å²) in [6.45, 7) is 1.24. The van der Waals surface area contributed by atoms with Crippen molar-refractivity contribution in [2.75, 3.05) is 20.2 Å². The van der Waals surface area contributed by atoms with E-state index < -0.39 is 0 Å². The minimum absolute atomic E-state index is 0.0338. The Hall–Kier alpha value is -2.30. The van der Waals surface area contributed by atoms with E-state index in [4.69, 9.17) is 4.74 Å². The Morgan fingerprint density at radius 2 is 2.16 bits per heavy atom. The first-order chi connectivity index (χ1) is 9.27. The molecule has 19 heavy (non-hydrogen) atoms. The Bertz CT molecular complexity index is 497. The van der Waals surface area contributed by atoms with Crippen molar-refractivity contribution in [1.82, 2.24) is 15.1 Å². The molecule has 5 heteroatoms. The fourth-order valence-corrected chi connectivity index (χ4v) is 1.70. The van der Waals surface area contributed by atoms with Gasteiger partial charge in [-0.15, -0.1) is 0 Å². The number of nitrogens with zero attached hydrogens (tertiary/aromatic N) is 2. The Balaban J connectivity index is 1.70. The summed E-state index contributed by atoms with van der Waals surface area (Å²) < 4.78 is 5.57. The first-order valence-corrected chi connectivity index (χ1v) is 6.19. The number of benzene rings is 1. The van der Waals surface area contributed by atoms with Crippen molar-refractivity contribution >= 4 is 5.91 Å². The minimum atomic E-state index is -0.0338. The third kappa shape index (κ3) is 3.84. The van der Waals surface area contributed by atoms with Crippen LogP contribution in [0.15, 0.2) is 42.7 Å². The van der Waals surface area contributed by atoms with E-state index in [1.807, 2.05) is 30.3 Å². The molecule has 0 spiro atoms. The molecule has 1 amide bonds. The van der Waals surface area contributed by atoms with Crippen LogP contribution in [0.2, 0.25) is 0 Å². The van der Waals surface area contributed by atoms with Gasteiger partial charge in [0.15, 0.2) is 0 Å². The second-order valence-corrected chi connectivity index (χ2v) is 4.23. The number of aromatic nitrogens is 2. The number of ether oxygens (including phenoxy) is 1. The average Bonchev–Trinajstić information content (AvgIpc) is 2.98. The molecule has 5 nitrogen and oxygen atoms in total. The van der Waals surface area contributed by atoms with Crippen LogP contribution in [0, 0.1) is 0 Å². The zero-order chi connectivity index (χ0) is 13.5. The number of H-pyrrole nitrogens is 1. The van der Waals surface area contributed by atoms with Crippen molar-refractivity contribution in [3.63, 3.8) is 0 Å². The quantitative estimate of drug-likeness (QED) is 0.807. The molecule has 100 valence electrons. The molecule has 2 rings (SSSR count). The molecule has 0 saturated carbocycles. The zero-order valence-corrected chi connectivity index (χ0v) is 10.9.